The van der Waals surface area contributed by atoms with Gasteiger partial charge in [-0.15, -0.1) is 0 Å². The van der Waals surface area contributed by atoms with Crippen molar-refractivity contribution in [1.82, 2.24) is 4.90 Å². The van der Waals surface area contributed by atoms with Crippen molar-refractivity contribution in [2.24, 2.45) is 5.92 Å². The molecule has 0 bridgehead atoms. The minimum atomic E-state index is -0.977. The number of hydrogen-bond donors (Lipinski definition) is 1. The van der Waals surface area contributed by atoms with Gasteiger partial charge in [-0.1, -0.05) is 93.8 Å². The van der Waals surface area contributed by atoms with Crippen LogP contribution in [-0.4, -0.2) is 66.3 Å². The lowest BCUT2D eigenvalue weighted by molar-refractivity contribution is -0.235. The molecule has 2 aromatic rings. The molecule has 0 spiro atoms. The number of likely N-dealkylation sites (N-methyl/N-ethyl adjacent to an activating group) is 1. The van der Waals surface area contributed by atoms with Crippen molar-refractivity contribution in [3.63, 3.8) is 0 Å². The maximum atomic E-state index is 11.8. The second-order valence-corrected chi connectivity index (χ2v) is 12.7. The molecule has 0 amide bonds. The molecule has 0 radical (unpaired) electrons. The summed E-state index contributed by atoms with van der Waals surface area (Å²) in [5, 5.41) is 11.6. The van der Waals surface area contributed by atoms with Gasteiger partial charge in [-0.2, -0.15) is 0 Å². The molecule has 5 atom stereocenters. The standard InChI is InChI=1S/C37H57NO6/c1-6-8-18-30(3)36(4,40)29-44-37(38(5)24-17-11-16-23-35(39)41-7-2)26-33(42-27-31-19-12-9-13-20-31)25-34(37)43-28-32-21-14-10-15-22-32/h9-10,12-15,19-22,30,33-34,40H,6-8,11,16-18,23-29H2,1-5H3/t30?,33-,34+,36?,37-/m1/s1. The van der Waals surface area contributed by atoms with Gasteiger partial charge in [0.1, 0.15) is 6.10 Å². The molecule has 0 heterocycles. The second-order valence-electron chi connectivity index (χ2n) is 12.7. The molecule has 7 heteroatoms. The number of nitrogens with zero attached hydrogens (tertiary/aromatic N) is 1. The van der Waals surface area contributed by atoms with Gasteiger partial charge in [0.2, 0.25) is 0 Å². The summed E-state index contributed by atoms with van der Waals surface area (Å²) in [6.45, 7) is 10.4. The summed E-state index contributed by atoms with van der Waals surface area (Å²) in [5.41, 5.74) is 0.494. The summed E-state index contributed by atoms with van der Waals surface area (Å²) < 4.78 is 25.2. The Hall–Kier alpha value is -2.29. The summed E-state index contributed by atoms with van der Waals surface area (Å²) in [5.74, 6) is -0.0356. The van der Waals surface area contributed by atoms with Crippen LogP contribution in [0.3, 0.4) is 0 Å². The van der Waals surface area contributed by atoms with E-state index < -0.39 is 11.3 Å². The van der Waals surface area contributed by atoms with E-state index >= 15 is 0 Å². The van der Waals surface area contributed by atoms with Crippen molar-refractivity contribution >= 4 is 5.97 Å². The fourth-order valence-corrected chi connectivity index (χ4v) is 5.96. The van der Waals surface area contributed by atoms with Crippen molar-refractivity contribution in [2.75, 3.05) is 26.8 Å². The van der Waals surface area contributed by atoms with Gasteiger partial charge >= 0.3 is 5.97 Å². The van der Waals surface area contributed by atoms with E-state index in [0.717, 1.165) is 56.2 Å². The number of aliphatic hydroxyl groups is 1. The topological polar surface area (TPSA) is 77.5 Å². The fraction of sp³-hybridized carbons (Fsp3) is 0.649. The number of esters is 1. The molecule has 0 aromatic heterocycles. The van der Waals surface area contributed by atoms with Gasteiger partial charge in [0.05, 0.1) is 38.1 Å². The van der Waals surface area contributed by atoms with E-state index in [-0.39, 0.29) is 30.7 Å². The van der Waals surface area contributed by atoms with Gasteiger partial charge in [0.15, 0.2) is 5.72 Å². The summed E-state index contributed by atoms with van der Waals surface area (Å²) in [6.07, 6.45) is 7.19. The smallest absolute Gasteiger partial charge is 0.305 e. The molecule has 44 heavy (non-hydrogen) atoms. The van der Waals surface area contributed by atoms with E-state index in [0.29, 0.717) is 39.1 Å². The number of hydrogen-bond acceptors (Lipinski definition) is 7. The monoisotopic (exact) mass is 611 g/mol. The maximum absolute atomic E-state index is 11.8. The summed E-state index contributed by atoms with van der Waals surface area (Å²) in [4.78, 5) is 14.1. The van der Waals surface area contributed by atoms with Gasteiger partial charge in [-0.25, -0.2) is 0 Å². The number of rotatable bonds is 21. The van der Waals surface area contributed by atoms with Crippen LogP contribution < -0.4 is 0 Å². The Morgan fingerprint density at radius 3 is 2.23 bits per heavy atom. The average Bonchev–Trinajstić information content (AvgIpc) is 3.40. The van der Waals surface area contributed by atoms with Crippen LogP contribution in [0.15, 0.2) is 60.7 Å². The zero-order valence-electron chi connectivity index (χ0n) is 27.8. The normalized spacial score (nSPS) is 22.2. The molecule has 1 aliphatic rings. The van der Waals surface area contributed by atoms with Gasteiger partial charge in [-0.05, 0) is 57.2 Å². The van der Waals surface area contributed by atoms with Crippen LogP contribution in [0.2, 0.25) is 0 Å². The van der Waals surface area contributed by atoms with Crippen LogP contribution in [0.4, 0.5) is 0 Å². The van der Waals surface area contributed by atoms with Gasteiger partial charge < -0.3 is 24.1 Å². The molecule has 1 N–H and O–H groups in total. The Bertz CT molecular complexity index is 1060. The van der Waals surface area contributed by atoms with E-state index in [9.17, 15) is 9.90 Å². The molecule has 1 fully saturated rings. The van der Waals surface area contributed by atoms with E-state index in [1.54, 1.807) is 0 Å². The second kappa shape index (κ2) is 18.6. The highest BCUT2D eigenvalue weighted by Crippen LogP contribution is 2.42. The first-order valence-corrected chi connectivity index (χ1v) is 16.7. The van der Waals surface area contributed by atoms with Crippen LogP contribution >= 0.6 is 0 Å². The molecule has 246 valence electrons. The Morgan fingerprint density at radius 1 is 0.977 bits per heavy atom. The lowest BCUT2D eigenvalue weighted by Crippen LogP contribution is -2.57. The molecular formula is C37H57NO6. The Morgan fingerprint density at radius 2 is 1.61 bits per heavy atom. The molecule has 3 rings (SSSR count). The summed E-state index contributed by atoms with van der Waals surface area (Å²) in [6, 6.07) is 20.5. The van der Waals surface area contributed by atoms with Crippen LogP contribution in [-0.2, 0) is 37.0 Å². The van der Waals surface area contributed by atoms with Crippen molar-refractivity contribution in [3.05, 3.63) is 71.8 Å². The zero-order chi connectivity index (χ0) is 31.8. The van der Waals surface area contributed by atoms with Gasteiger partial charge in [0.25, 0.3) is 0 Å². The third kappa shape index (κ3) is 11.3. The minimum Gasteiger partial charge on any atom is -0.466 e. The summed E-state index contributed by atoms with van der Waals surface area (Å²) >= 11 is 0. The highest BCUT2D eigenvalue weighted by Gasteiger charge is 2.53. The average molecular weight is 612 g/mol. The summed E-state index contributed by atoms with van der Waals surface area (Å²) in [7, 11) is 2.10. The van der Waals surface area contributed by atoms with E-state index in [4.69, 9.17) is 18.9 Å². The molecule has 0 aliphatic heterocycles. The minimum absolute atomic E-state index is 0.0651. The molecule has 0 saturated heterocycles. The molecule has 2 unspecified atom stereocenters. The quantitative estimate of drug-likeness (QED) is 0.0902. The number of unbranched alkanes of at least 4 members (excludes halogenated alkanes) is 3. The number of ether oxygens (including phenoxy) is 4. The predicted octanol–water partition coefficient (Wildman–Crippen LogP) is 7.30. The third-order valence-corrected chi connectivity index (χ3v) is 9.12. The lowest BCUT2D eigenvalue weighted by atomic mass is 9.87. The van der Waals surface area contributed by atoms with Gasteiger partial charge in [0, 0.05) is 25.8 Å². The van der Waals surface area contributed by atoms with Crippen molar-refractivity contribution < 1.29 is 28.8 Å². The van der Waals surface area contributed by atoms with Crippen molar-refractivity contribution in [1.29, 1.82) is 0 Å². The van der Waals surface area contributed by atoms with E-state index in [1.807, 2.05) is 50.2 Å². The molecule has 2 aromatic carbocycles. The Kier molecular flexibility index (Phi) is 15.3. The number of benzene rings is 2. The van der Waals surface area contributed by atoms with Gasteiger partial charge in [-0.3, -0.25) is 9.69 Å². The zero-order valence-corrected chi connectivity index (χ0v) is 27.8. The largest absolute Gasteiger partial charge is 0.466 e. The number of carbonyl (C=O) groups excluding carboxylic acids is 1. The van der Waals surface area contributed by atoms with Crippen molar-refractivity contribution in [2.45, 2.75) is 122 Å². The van der Waals surface area contributed by atoms with Crippen LogP contribution in [0.1, 0.15) is 96.6 Å². The molecule has 7 nitrogen and oxygen atoms in total. The van der Waals surface area contributed by atoms with Crippen molar-refractivity contribution in [3.8, 4) is 0 Å². The molecule has 1 aliphatic carbocycles. The SMILES string of the molecule is CCCCC(C)C(C)(O)CO[C@]1(N(C)CCCCCC(=O)OCC)C[C@H](OCc2ccccc2)C[C@@H]1OCc1ccccc1. The van der Waals surface area contributed by atoms with Crippen LogP contribution in [0.5, 0.6) is 0 Å². The lowest BCUT2D eigenvalue weighted by Gasteiger charge is -2.45. The van der Waals surface area contributed by atoms with E-state index in [1.165, 1.54) is 0 Å². The Balaban J connectivity index is 1.79. The molecular weight excluding hydrogens is 554 g/mol. The Labute approximate surface area is 266 Å². The van der Waals surface area contributed by atoms with E-state index in [2.05, 4.69) is 50.1 Å². The fourth-order valence-electron chi connectivity index (χ4n) is 5.96. The first kappa shape index (κ1) is 36.2. The van der Waals surface area contributed by atoms with Crippen LogP contribution in [0.25, 0.3) is 0 Å². The molecule has 1 saturated carbocycles. The van der Waals surface area contributed by atoms with Crippen LogP contribution in [0, 0.1) is 5.92 Å². The predicted molar refractivity (Wildman–Crippen MR) is 175 cm³/mol. The highest BCUT2D eigenvalue weighted by atomic mass is 16.6. The first-order chi connectivity index (χ1) is 21.2. The third-order valence-electron chi connectivity index (χ3n) is 9.12. The number of carbonyl (C=O) groups is 1. The first-order valence-electron chi connectivity index (χ1n) is 16.7. The maximum Gasteiger partial charge on any atom is 0.305 e. The highest BCUT2D eigenvalue weighted by molar-refractivity contribution is 5.69.